The summed E-state index contributed by atoms with van der Waals surface area (Å²) in [6.07, 6.45) is 6.05. The number of piperidine rings is 1. The molecule has 0 spiro atoms. The Labute approximate surface area is 112 Å². The highest BCUT2D eigenvalue weighted by Gasteiger charge is 2.15. The molecule has 100 valence electrons. The van der Waals surface area contributed by atoms with Crippen LogP contribution in [0.5, 0.6) is 0 Å². The number of benzene rings is 1. The molecule has 1 fully saturated rings. The highest BCUT2D eigenvalue weighted by Crippen LogP contribution is 2.24. The van der Waals surface area contributed by atoms with E-state index in [1.807, 2.05) is 18.3 Å². The molecule has 1 aromatic carbocycles. The number of hydrogen-bond donors (Lipinski definition) is 1. The van der Waals surface area contributed by atoms with E-state index in [4.69, 9.17) is 0 Å². The topological polar surface area (TPSA) is 39.0 Å². The Morgan fingerprint density at radius 1 is 1.32 bits per heavy atom. The molecule has 3 rings (SSSR count). The lowest BCUT2D eigenvalue weighted by molar-refractivity contribution is 0.461. The molecule has 2 heterocycles. The molecule has 0 saturated carbocycles. The van der Waals surface area contributed by atoms with Crippen LogP contribution in [0.15, 0.2) is 41.5 Å². The largest absolute Gasteiger partial charge is 0.332 e. The molecule has 4 heteroatoms. The summed E-state index contributed by atoms with van der Waals surface area (Å²) in [6.45, 7) is 2.15. The van der Waals surface area contributed by atoms with Gasteiger partial charge in [0.05, 0.1) is 5.69 Å². The van der Waals surface area contributed by atoms with Crippen LogP contribution in [0.25, 0.3) is 5.69 Å². The monoisotopic (exact) mass is 257 g/mol. The van der Waals surface area contributed by atoms with Gasteiger partial charge in [-0.25, -0.2) is 4.79 Å². The van der Waals surface area contributed by atoms with Crippen LogP contribution in [0, 0.1) is 0 Å². The Hall–Kier alpha value is -1.81. The van der Waals surface area contributed by atoms with Gasteiger partial charge in [-0.1, -0.05) is 12.1 Å². The molecule has 2 aromatic rings. The van der Waals surface area contributed by atoms with Gasteiger partial charge >= 0.3 is 5.69 Å². The zero-order chi connectivity index (χ0) is 13.2. The predicted octanol–water partition coefficient (Wildman–Crippen LogP) is 1.64. The van der Waals surface area contributed by atoms with Crippen molar-refractivity contribution in [2.24, 2.45) is 7.05 Å². The molecular formula is C15H19N3O. The number of nitrogens with one attached hydrogen (secondary N) is 1. The standard InChI is InChI=1S/C15H19N3O/c1-17-8-9-18(15(17)19)14-6-2-4-12(10-14)13-5-3-7-16-11-13/h2,4,6,8-10,13,16H,3,5,7,11H2,1H3. The normalized spacial score (nSPS) is 19.5. The summed E-state index contributed by atoms with van der Waals surface area (Å²) in [5.74, 6) is 0.563. The molecule has 19 heavy (non-hydrogen) atoms. The first-order chi connectivity index (χ1) is 9.25. The van der Waals surface area contributed by atoms with Gasteiger partial charge in [-0.3, -0.25) is 4.57 Å². The van der Waals surface area contributed by atoms with E-state index in [0.29, 0.717) is 5.92 Å². The number of rotatable bonds is 2. The quantitative estimate of drug-likeness (QED) is 0.888. The third kappa shape index (κ3) is 2.36. The van der Waals surface area contributed by atoms with Gasteiger partial charge in [-0.2, -0.15) is 0 Å². The fraction of sp³-hybridized carbons (Fsp3) is 0.400. The van der Waals surface area contributed by atoms with Gasteiger partial charge in [0.25, 0.3) is 0 Å². The second-order valence-electron chi connectivity index (χ2n) is 5.20. The maximum atomic E-state index is 12.0. The average molecular weight is 257 g/mol. The van der Waals surface area contributed by atoms with E-state index in [9.17, 15) is 4.79 Å². The Morgan fingerprint density at radius 3 is 2.89 bits per heavy atom. The van der Waals surface area contributed by atoms with Gasteiger partial charge in [-0.05, 0) is 43.0 Å². The van der Waals surface area contributed by atoms with E-state index in [0.717, 1.165) is 18.8 Å². The molecule has 1 atom stereocenters. The van der Waals surface area contributed by atoms with Gasteiger partial charge in [0.2, 0.25) is 0 Å². The van der Waals surface area contributed by atoms with Crippen LogP contribution in [-0.4, -0.2) is 22.2 Å². The van der Waals surface area contributed by atoms with Crippen LogP contribution in [0.2, 0.25) is 0 Å². The highest BCUT2D eigenvalue weighted by molar-refractivity contribution is 5.37. The van der Waals surface area contributed by atoms with Crippen molar-refractivity contribution in [1.29, 1.82) is 0 Å². The molecule has 0 amide bonds. The van der Waals surface area contributed by atoms with Crippen molar-refractivity contribution < 1.29 is 0 Å². The molecule has 0 bridgehead atoms. The molecule has 1 unspecified atom stereocenters. The third-order valence-electron chi connectivity index (χ3n) is 3.86. The molecule has 1 aromatic heterocycles. The number of nitrogens with zero attached hydrogens (tertiary/aromatic N) is 2. The van der Waals surface area contributed by atoms with E-state index in [2.05, 4.69) is 17.4 Å². The molecule has 0 aliphatic carbocycles. The molecule has 1 N–H and O–H groups in total. The van der Waals surface area contributed by atoms with Crippen LogP contribution >= 0.6 is 0 Å². The van der Waals surface area contributed by atoms with Gasteiger partial charge in [0, 0.05) is 26.0 Å². The minimum absolute atomic E-state index is 0.00100. The number of imidazole rings is 1. The predicted molar refractivity (Wildman–Crippen MR) is 75.9 cm³/mol. The van der Waals surface area contributed by atoms with Crippen LogP contribution in [0.3, 0.4) is 0 Å². The lowest BCUT2D eigenvalue weighted by Crippen LogP contribution is -2.28. The summed E-state index contributed by atoms with van der Waals surface area (Å²) in [5.41, 5.74) is 2.27. The van der Waals surface area contributed by atoms with E-state index in [-0.39, 0.29) is 5.69 Å². The minimum atomic E-state index is -0.00100. The van der Waals surface area contributed by atoms with Crippen molar-refractivity contribution in [2.75, 3.05) is 13.1 Å². The fourth-order valence-corrected chi connectivity index (χ4v) is 2.73. The van der Waals surface area contributed by atoms with Crippen molar-refractivity contribution in [3.8, 4) is 5.69 Å². The summed E-state index contributed by atoms with van der Waals surface area (Å²) in [7, 11) is 1.77. The van der Waals surface area contributed by atoms with E-state index < -0.39 is 0 Å². The van der Waals surface area contributed by atoms with E-state index in [1.165, 1.54) is 18.4 Å². The van der Waals surface area contributed by atoms with Crippen LogP contribution in [-0.2, 0) is 7.05 Å². The van der Waals surface area contributed by atoms with Crippen molar-refractivity contribution in [3.05, 3.63) is 52.7 Å². The molecular weight excluding hydrogens is 238 g/mol. The van der Waals surface area contributed by atoms with Crippen LogP contribution < -0.4 is 11.0 Å². The molecule has 0 radical (unpaired) electrons. The zero-order valence-corrected chi connectivity index (χ0v) is 11.2. The number of aromatic nitrogens is 2. The van der Waals surface area contributed by atoms with Gasteiger partial charge in [-0.15, -0.1) is 0 Å². The number of hydrogen-bond acceptors (Lipinski definition) is 2. The Bertz CT molecular complexity index is 620. The van der Waals surface area contributed by atoms with Gasteiger partial charge in [0.1, 0.15) is 0 Å². The maximum Gasteiger partial charge on any atom is 0.332 e. The second-order valence-corrected chi connectivity index (χ2v) is 5.20. The molecule has 1 saturated heterocycles. The van der Waals surface area contributed by atoms with E-state index >= 15 is 0 Å². The fourth-order valence-electron chi connectivity index (χ4n) is 2.73. The van der Waals surface area contributed by atoms with Crippen LogP contribution in [0.1, 0.15) is 24.3 Å². The lowest BCUT2D eigenvalue weighted by atomic mass is 9.91. The summed E-state index contributed by atoms with van der Waals surface area (Å²) in [5, 5.41) is 3.44. The molecule has 1 aliphatic rings. The summed E-state index contributed by atoms with van der Waals surface area (Å²) < 4.78 is 3.29. The smallest absolute Gasteiger partial charge is 0.316 e. The van der Waals surface area contributed by atoms with Gasteiger partial charge in [0.15, 0.2) is 0 Å². The summed E-state index contributed by atoms with van der Waals surface area (Å²) >= 11 is 0. The Balaban J connectivity index is 1.95. The van der Waals surface area contributed by atoms with E-state index in [1.54, 1.807) is 22.4 Å². The van der Waals surface area contributed by atoms with Crippen LogP contribution in [0.4, 0.5) is 0 Å². The van der Waals surface area contributed by atoms with Gasteiger partial charge < -0.3 is 9.88 Å². The van der Waals surface area contributed by atoms with Crippen molar-refractivity contribution in [2.45, 2.75) is 18.8 Å². The average Bonchev–Trinajstić information content (AvgIpc) is 2.80. The first-order valence-corrected chi connectivity index (χ1v) is 6.81. The SMILES string of the molecule is Cn1ccn(-c2cccc(C3CCCNC3)c2)c1=O. The van der Waals surface area contributed by atoms with Crippen molar-refractivity contribution in [3.63, 3.8) is 0 Å². The zero-order valence-electron chi connectivity index (χ0n) is 11.2. The third-order valence-corrected chi connectivity index (χ3v) is 3.86. The second kappa shape index (κ2) is 5.05. The summed E-state index contributed by atoms with van der Waals surface area (Å²) in [4.78, 5) is 12.0. The minimum Gasteiger partial charge on any atom is -0.316 e. The summed E-state index contributed by atoms with van der Waals surface area (Å²) in [6, 6.07) is 8.33. The Kier molecular flexibility index (Phi) is 3.25. The molecule has 4 nitrogen and oxygen atoms in total. The number of aryl methyl sites for hydroxylation is 1. The highest BCUT2D eigenvalue weighted by atomic mass is 16.1. The maximum absolute atomic E-state index is 12.0. The van der Waals surface area contributed by atoms with Crippen molar-refractivity contribution in [1.82, 2.24) is 14.5 Å². The first-order valence-electron chi connectivity index (χ1n) is 6.81. The van der Waals surface area contributed by atoms with Crippen molar-refractivity contribution >= 4 is 0 Å². The lowest BCUT2D eigenvalue weighted by Gasteiger charge is -2.23. The Morgan fingerprint density at radius 2 is 2.21 bits per heavy atom. The first kappa shape index (κ1) is 12.2. The molecule has 1 aliphatic heterocycles.